The summed E-state index contributed by atoms with van der Waals surface area (Å²) in [5.74, 6) is -0.0452. The van der Waals surface area contributed by atoms with E-state index < -0.39 is 0 Å². The molecule has 1 saturated heterocycles. The number of methoxy groups -OCH3 is 1. The van der Waals surface area contributed by atoms with Gasteiger partial charge in [0.15, 0.2) is 17.7 Å². The van der Waals surface area contributed by atoms with Crippen molar-refractivity contribution < 1.29 is 14.3 Å². The number of carbonyl (C=O) groups is 1. The van der Waals surface area contributed by atoms with Gasteiger partial charge in [-0.25, -0.2) is 0 Å². The second-order valence-corrected chi connectivity index (χ2v) is 6.00. The minimum atomic E-state index is -0.249. The highest BCUT2D eigenvalue weighted by molar-refractivity contribution is 9.10. The van der Waals surface area contributed by atoms with Gasteiger partial charge in [-0.2, -0.15) is 0 Å². The van der Waals surface area contributed by atoms with Crippen LogP contribution in [-0.4, -0.2) is 41.9 Å². The first-order valence-corrected chi connectivity index (χ1v) is 7.38. The number of carbonyl (C=O) groups excluding carboxylic acids is 1. The van der Waals surface area contributed by atoms with Crippen molar-refractivity contribution in [3.8, 4) is 5.75 Å². The summed E-state index contributed by atoms with van der Waals surface area (Å²) in [5, 5.41) is 0. The van der Waals surface area contributed by atoms with Gasteiger partial charge >= 0.3 is 0 Å². The molecule has 4 rings (SSSR count). The van der Waals surface area contributed by atoms with Crippen LogP contribution in [0.2, 0.25) is 0 Å². The van der Waals surface area contributed by atoms with E-state index in [1.165, 1.54) is 7.11 Å². The zero-order valence-corrected chi connectivity index (χ0v) is 12.5. The lowest BCUT2D eigenvalue weighted by molar-refractivity contribution is -0.0124. The number of amides is 1. The molecule has 2 atom stereocenters. The fraction of sp³-hybridized carbons (Fsp3) is 0.538. The molecule has 2 unspecified atom stereocenters. The summed E-state index contributed by atoms with van der Waals surface area (Å²) in [7, 11) is 1.43. The first kappa shape index (κ1) is 12.4. The summed E-state index contributed by atoms with van der Waals surface area (Å²) in [5.41, 5.74) is 1.00. The maximum Gasteiger partial charge on any atom is 0.276 e. The monoisotopic (exact) mass is 340 g/mol. The first-order chi connectivity index (χ1) is 9.65. The molecule has 3 aliphatic heterocycles. The molecule has 0 N–H and O–H groups in total. The van der Waals surface area contributed by atoms with Crippen LogP contribution in [0, 0.1) is 0 Å². The van der Waals surface area contributed by atoms with Crippen LogP contribution in [0.3, 0.4) is 0 Å². The van der Waals surface area contributed by atoms with Crippen molar-refractivity contribution in [2.24, 2.45) is 0 Å². The lowest BCUT2D eigenvalue weighted by Gasteiger charge is -2.36. The van der Waals surface area contributed by atoms with Crippen LogP contribution >= 0.6 is 15.9 Å². The van der Waals surface area contributed by atoms with Gasteiger partial charge in [0.05, 0.1) is 24.2 Å². The Morgan fingerprint density at radius 2 is 2.20 bits per heavy atom. The predicted octanol–water partition coefficient (Wildman–Crippen LogP) is 0.919. The molecule has 106 valence electrons. The summed E-state index contributed by atoms with van der Waals surface area (Å²) in [6, 6.07) is 0.0750. The van der Waals surface area contributed by atoms with Crippen molar-refractivity contribution in [2.75, 3.05) is 20.3 Å². The van der Waals surface area contributed by atoms with Gasteiger partial charge in [0.1, 0.15) is 0 Å². The van der Waals surface area contributed by atoms with Crippen LogP contribution in [0.4, 0.5) is 0 Å². The number of hydrogen-bond donors (Lipinski definition) is 0. The molecule has 0 saturated carbocycles. The third-order valence-electron chi connectivity index (χ3n) is 4.34. The van der Waals surface area contributed by atoms with E-state index in [1.807, 2.05) is 4.57 Å². The van der Waals surface area contributed by atoms with Gasteiger partial charge in [-0.1, -0.05) is 0 Å². The molecule has 1 aromatic rings. The standard InChI is InChI=1S/C13H13BrN2O4/c1-19-11-9-12(18)15-4-5-20-13(15)7-3-2-6(16(7)9)8(14)10(11)17/h7,13H,2-5H2,1H3. The van der Waals surface area contributed by atoms with Crippen LogP contribution in [0.25, 0.3) is 0 Å². The van der Waals surface area contributed by atoms with E-state index in [-0.39, 0.29) is 29.4 Å². The van der Waals surface area contributed by atoms with E-state index in [9.17, 15) is 9.59 Å². The number of hydrogen-bond acceptors (Lipinski definition) is 4. The summed E-state index contributed by atoms with van der Waals surface area (Å²) in [6.45, 7) is 1.12. The summed E-state index contributed by atoms with van der Waals surface area (Å²) in [6.07, 6.45) is 1.42. The van der Waals surface area contributed by atoms with Gasteiger partial charge in [-0.15, -0.1) is 0 Å². The Kier molecular flexibility index (Phi) is 2.53. The van der Waals surface area contributed by atoms with Crippen molar-refractivity contribution in [2.45, 2.75) is 25.1 Å². The second-order valence-electron chi connectivity index (χ2n) is 5.21. The Bertz CT molecular complexity index is 684. The maximum absolute atomic E-state index is 12.7. The van der Waals surface area contributed by atoms with Crippen LogP contribution in [0.1, 0.15) is 28.6 Å². The molecule has 4 heterocycles. The Hall–Kier alpha value is -1.34. The van der Waals surface area contributed by atoms with Crippen molar-refractivity contribution in [1.29, 1.82) is 0 Å². The Morgan fingerprint density at radius 3 is 2.95 bits per heavy atom. The first-order valence-electron chi connectivity index (χ1n) is 6.58. The quantitative estimate of drug-likeness (QED) is 0.762. The Morgan fingerprint density at radius 1 is 1.40 bits per heavy atom. The second kappa shape index (κ2) is 4.08. The topological polar surface area (TPSA) is 60.8 Å². The van der Waals surface area contributed by atoms with Crippen molar-refractivity contribution in [3.05, 3.63) is 26.1 Å². The van der Waals surface area contributed by atoms with Gasteiger partial charge in [0, 0.05) is 12.2 Å². The molecule has 0 spiro atoms. The predicted molar refractivity (Wildman–Crippen MR) is 73.1 cm³/mol. The fourth-order valence-corrected chi connectivity index (χ4v) is 4.09. The number of nitrogens with zero attached hydrogens (tertiary/aromatic N) is 2. The lowest BCUT2D eigenvalue weighted by Crippen LogP contribution is -2.48. The van der Waals surface area contributed by atoms with Crippen LogP contribution < -0.4 is 10.2 Å². The highest BCUT2D eigenvalue weighted by Gasteiger charge is 2.48. The molecule has 1 amide bonds. The molecular formula is C13H13BrN2O4. The van der Waals surface area contributed by atoms with Crippen LogP contribution in [0.15, 0.2) is 9.27 Å². The third kappa shape index (κ3) is 1.32. The highest BCUT2D eigenvalue weighted by atomic mass is 79.9. The van der Waals surface area contributed by atoms with Gasteiger partial charge < -0.3 is 18.9 Å². The zero-order chi connectivity index (χ0) is 14.0. The van der Waals surface area contributed by atoms with Crippen molar-refractivity contribution in [3.63, 3.8) is 0 Å². The zero-order valence-electron chi connectivity index (χ0n) is 10.9. The minimum Gasteiger partial charge on any atom is -0.491 e. The van der Waals surface area contributed by atoms with Crippen molar-refractivity contribution >= 4 is 21.8 Å². The highest BCUT2D eigenvalue weighted by Crippen LogP contribution is 2.42. The molecule has 1 fully saturated rings. The van der Waals surface area contributed by atoms with E-state index in [1.54, 1.807) is 4.90 Å². The summed E-state index contributed by atoms with van der Waals surface area (Å²) in [4.78, 5) is 26.7. The molecule has 1 aromatic heterocycles. The molecule has 0 radical (unpaired) electrons. The van der Waals surface area contributed by atoms with Crippen LogP contribution in [0.5, 0.6) is 5.75 Å². The average molecular weight is 341 g/mol. The van der Waals surface area contributed by atoms with E-state index in [0.29, 0.717) is 23.3 Å². The smallest absolute Gasteiger partial charge is 0.276 e. The molecular weight excluding hydrogens is 328 g/mol. The van der Waals surface area contributed by atoms with E-state index in [2.05, 4.69) is 15.9 Å². The number of ether oxygens (including phenoxy) is 2. The fourth-order valence-electron chi connectivity index (χ4n) is 3.52. The molecule has 0 aromatic carbocycles. The van der Waals surface area contributed by atoms with E-state index in [4.69, 9.17) is 9.47 Å². The molecule has 0 bridgehead atoms. The van der Waals surface area contributed by atoms with Crippen molar-refractivity contribution in [1.82, 2.24) is 9.47 Å². The lowest BCUT2D eigenvalue weighted by atomic mass is 10.1. The number of rotatable bonds is 1. The number of halogens is 1. The molecule has 7 heteroatoms. The number of pyridine rings is 1. The third-order valence-corrected chi connectivity index (χ3v) is 5.16. The molecule has 6 nitrogen and oxygen atoms in total. The van der Waals surface area contributed by atoms with Gasteiger partial charge in [-0.05, 0) is 28.8 Å². The van der Waals surface area contributed by atoms with Gasteiger partial charge in [0.2, 0.25) is 5.43 Å². The summed E-state index contributed by atoms with van der Waals surface area (Å²) < 4.78 is 13.4. The molecule has 20 heavy (non-hydrogen) atoms. The minimum absolute atomic E-state index is 0.0750. The number of fused-ring (bicyclic) bond motifs is 2. The Balaban J connectivity index is 2.07. The summed E-state index contributed by atoms with van der Waals surface area (Å²) >= 11 is 3.35. The SMILES string of the molecule is COc1c2n3c(c(Br)c1=O)CCC3C1OCCN1C2=O. The largest absolute Gasteiger partial charge is 0.491 e. The Labute approximate surface area is 123 Å². The number of aromatic nitrogens is 1. The normalized spacial score (nSPS) is 26.7. The van der Waals surface area contributed by atoms with Gasteiger partial charge in [-0.3, -0.25) is 9.59 Å². The molecule has 3 aliphatic rings. The average Bonchev–Trinajstić information content (AvgIpc) is 3.06. The maximum atomic E-state index is 12.7. The van der Waals surface area contributed by atoms with E-state index in [0.717, 1.165) is 18.5 Å². The van der Waals surface area contributed by atoms with Gasteiger partial charge in [0.25, 0.3) is 5.91 Å². The van der Waals surface area contributed by atoms with Crippen LogP contribution in [-0.2, 0) is 11.2 Å². The molecule has 0 aliphatic carbocycles. The van der Waals surface area contributed by atoms with E-state index >= 15 is 0 Å².